The highest BCUT2D eigenvalue weighted by Gasteiger charge is 2.14. The van der Waals surface area contributed by atoms with Crippen LogP contribution in [0.1, 0.15) is 39.2 Å². The summed E-state index contributed by atoms with van der Waals surface area (Å²) >= 11 is 0. The molecule has 0 fully saturated rings. The largest absolute Gasteiger partial charge is 0.508 e. The van der Waals surface area contributed by atoms with Crippen LogP contribution in [0.15, 0.2) is 24.3 Å². The number of hydrogen-bond donors (Lipinski definition) is 3. The van der Waals surface area contributed by atoms with Crippen LogP contribution in [0, 0.1) is 0 Å². The maximum Gasteiger partial charge on any atom is 0.236 e. The number of aryl methyl sites for hydroxylation is 1. The van der Waals surface area contributed by atoms with Crippen molar-refractivity contribution in [3.63, 3.8) is 0 Å². The Morgan fingerprint density at radius 1 is 1.25 bits per heavy atom. The smallest absolute Gasteiger partial charge is 0.236 e. The Labute approximate surface area is 121 Å². The molecule has 1 aromatic carbocycles. The van der Waals surface area contributed by atoms with Gasteiger partial charge in [-0.15, -0.1) is 0 Å². The maximum absolute atomic E-state index is 11.7. The van der Waals surface area contributed by atoms with Crippen molar-refractivity contribution in [2.75, 3.05) is 6.54 Å². The molecular weight excluding hydrogens is 252 g/mol. The standard InChI is InChI=1S/C16H26N2O2/c1-4-11-17-16(20)13(3)18-12(2)5-6-14-7-9-15(19)10-8-14/h7-10,12-13,18-19H,4-6,11H2,1-3H3,(H,17,20). The molecule has 20 heavy (non-hydrogen) atoms. The quantitative estimate of drug-likeness (QED) is 0.683. The first-order valence-corrected chi connectivity index (χ1v) is 7.34. The van der Waals surface area contributed by atoms with E-state index in [0.717, 1.165) is 25.8 Å². The van der Waals surface area contributed by atoms with Crippen LogP contribution in [0.5, 0.6) is 5.75 Å². The minimum absolute atomic E-state index is 0.0586. The number of rotatable bonds is 8. The van der Waals surface area contributed by atoms with Gasteiger partial charge in [0, 0.05) is 12.6 Å². The highest BCUT2D eigenvalue weighted by molar-refractivity contribution is 5.81. The van der Waals surface area contributed by atoms with Crippen molar-refractivity contribution >= 4 is 5.91 Å². The first-order chi connectivity index (χ1) is 9.52. The molecule has 1 aromatic rings. The van der Waals surface area contributed by atoms with E-state index in [9.17, 15) is 9.90 Å². The number of nitrogens with one attached hydrogen (secondary N) is 2. The topological polar surface area (TPSA) is 61.4 Å². The summed E-state index contributed by atoms with van der Waals surface area (Å²) in [7, 11) is 0. The van der Waals surface area contributed by atoms with Crippen LogP contribution < -0.4 is 10.6 Å². The van der Waals surface area contributed by atoms with Crippen molar-refractivity contribution in [3.8, 4) is 5.75 Å². The van der Waals surface area contributed by atoms with Crippen LogP contribution in [0.25, 0.3) is 0 Å². The van der Waals surface area contributed by atoms with Gasteiger partial charge in [0.1, 0.15) is 5.75 Å². The number of benzene rings is 1. The highest BCUT2D eigenvalue weighted by Crippen LogP contribution is 2.12. The Hall–Kier alpha value is -1.55. The van der Waals surface area contributed by atoms with E-state index in [2.05, 4.69) is 17.6 Å². The lowest BCUT2D eigenvalue weighted by atomic mass is 10.1. The summed E-state index contributed by atoms with van der Waals surface area (Å²) in [6.45, 7) is 6.75. The molecule has 0 heterocycles. The molecule has 0 aromatic heterocycles. The minimum Gasteiger partial charge on any atom is -0.508 e. The molecule has 0 aliphatic rings. The van der Waals surface area contributed by atoms with E-state index < -0.39 is 0 Å². The Bertz CT molecular complexity index is 403. The summed E-state index contributed by atoms with van der Waals surface area (Å²) in [6, 6.07) is 7.36. The van der Waals surface area contributed by atoms with E-state index in [0.29, 0.717) is 5.75 Å². The van der Waals surface area contributed by atoms with Crippen LogP contribution in [0.4, 0.5) is 0 Å². The van der Waals surface area contributed by atoms with Crippen molar-refractivity contribution in [2.24, 2.45) is 0 Å². The van der Waals surface area contributed by atoms with Crippen LogP contribution in [-0.4, -0.2) is 29.6 Å². The van der Waals surface area contributed by atoms with Crippen LogP contribution in [0.2, 0.25) is 0 Å². The summed E-state index contributed by atoms with van der Waals surface area (Å²) in [4.78, 5) is 11.7. The van der Waals surface area contributed by atoms with Crippen LogP contribution in [0.3, 0.4) is 0 Å². The lowest BCUT2D eigenvalue weighted by Crippen LogP contribution is -2.46. The second-order valence-electron chi connectivity index (χ2n) is 5.29. The van der Waals surface area contributed by atoms with E-state index in [1.807, 2.05) is 26.0 Å². The summed E-state index contributed by atoms with van der Waals surface area (Å²) in [5, 5.41) is 15.4. The number of amides is 1. The summed E-state index contributed by atoms with van der Waals surface area (Å²) in [5.41, 5.74) is 1.19. The minimum atomic E-state index is -0.170. The van der Waals surface area contributed by atoms with E-state index in [4.69, 9.17) is 0 Å². The van der Waals surface area contributed by atoms with Gasteiger partial charge < -0.3 is 15.7 Å². The molecule has 1 amide bonds. The van der Waals surface area contributed by atoms with Gasteiger partial charge in [-0.2, -0.15) is 0 Å². The first-order valence-electron chi connectivity index (χ1n) is 7.34. The fourth-order valence-electron chi connectivity index (χ4n) is 2.03. The van der Waals surface area contributed by atoms with E-state index in [1.54, 1.807) is 12.1 Å². The van der Waals surface area contributed by atoms with Gasteiger partial charge in [0.15, 0.2) is 0 Å². The number of carbonyl (C=O) groups excluding carboxylic acids is 1. The van der Waals surface area contributed by atoms with Gasteiger partial charge in [-0.1, -0.05) is 19.1 Å². The predicted molar refractivity (Wildman–Crippen MR) is 81.8 cm³/mol. The normalized spacial score (nSPS) is 13.8. The lowest BCUT2D eigenvalue weighted by Gasteiger charge is -2.19. The Morgan fingerprint density at radius 2 is 1.90 bits per heavy atom. The highest BCUT2D eigenvalue weighted by atomic mass is 16.3. The molecule has 2 unspecified atom stereocenters. The molecule has 0 radical (unpaired) electrons. The SMILES string of the molecule is CCCNC(=O)C(C)NC(C)CCc1ccc(O)cc1. The number of carbonyl (C=O) groups is 1. The van der Waals surface area contributed by atoms with Crippen LogP contribution >= 0.6 is 0 Å². The third-order valence-electron chi connectivity index (χ3n) is 3.28. The number of hydrogen-bond acceptors (Lipinski definition) is 3. The van der Waals surface area contributed by atoms with Crippen LogP contribution in [-0.2, 0) is 11.2 Å². The van der Waals surface area contributed by atoms with Crippen molar-refractivity contribution in [3.05, 3.63) is 29.8 Å². The number of phenols is 1. The molecule has 0 bridgehead atoms. The predicted octanol–water partition coefficient (Wildman–Crippen LogP) is 2.22. The van der Waals surface area contributed by atoms with E-state index in [1.165, 1.54) is 5.56 Å². The van der Waals surface area contributed by atoms with Gasteiger partial charge in [-0.3, -0.25) is 4.79 Å². The molecule has 0 saturated carbocycles. The Kier molecular flexibility index (Phi) is 7.09. The van der Waals surface area contributed by atoms with Gasteiger partial charge in [0.2, 0.25) is 5.91 Å². The first kappa shape index (κ1) is 16.5. The van der Waals surface area contributed by atoms with Gasteiger partial charge >= 0.3 is 0 Å². The Balaban J connectivity index is 2.30. The zero-order chi connectivity index (χ0) is 15.0. The van der Waals surface area contributed by atoms with E-state index in [-0.39, 0.29) is 18.0 Å². The molecule has 0 aliphatic carbocycles. The van der Waals surface area contributed by atoms with Gasteiger partial charge in [0.05, 0.1) is 6.04 Å². The van der Waals surface area contributed by atoms with Crippen molar-refractivity contribution in [1.82, 2.24) is 10.6 Å². The molecule has 4 nitrogen and oxygen atoms in total. The third kappa shape index (κ3) is 6.06. The molecule has 3 N–H and O–H groups in total. The fraction of sp³-hybridized carbons (Fsp3) is 0.562. The number of phenolic OH excluding ortho intramolecular Hbond substituents is 1. The zero-order valence-electron chi connectivity index (χ0n) is 12.6. The summed E-state index contributed by atoms with van der Waals surface area (Å²) in [5.74, 6) is 0.351. The van der Waals surface area contributed by atoms with Crippen molar-refractivity contribution in [1.29, 1.82) is 0 Å². The molecule has 0 spiro atoms. The molecule has 0 aliphatic heterocycles. The molecule has 112 valence electrons. The monoisotopic (exact) mass is 278 g/mol. The number of aromatic hydroxyl groups is 1. The van der Waals surface area contributed by atoms with Crippen molar-refractivity contribution < 1.29 is 9.90 Å². The molecule has 4 heteroatoms. The van der Waals surface area contributed by atoms with Crippen molar-refractivity contribution in [2.45, 2.75) is 52.1 Å². The van der Waals surface area contributed by atoms with Gasteiger partial charge in [-0.25, -0.2) is 0 Å². The second kappa shape index (κ2) is 8.59. The Morgan fingerprint density at radius 3 is 2.50 bits per heavy atom. The maximum atomic E-state index is 11.7. The lowest BCUT2D eigenvalue weighted by molar-refractivity contribution is -0.122. The molecule has 1 rings (SSSR count). The van der Waals surface area contributed by atoms with Gasteiger partial charge in [0.25, 0.3) is 0 Å². The zero-order valence-corrected chi connectivity index (χ0v) is 12.6. The fourth-order valence-corrected chi connectivity index (χ4v) is 2.03. The molecule has 0 saturated heterocycles. The van der Waals surface area contributed by atoms with E-state index >= 15 is 0 Å². The third-order valence-corrected chi connectivity index (χ3v) is 3.28. The molecular formula is C16H26N2O2. The van der Waals surface area contributed by atoms with Gasteiger partial charge in [-0.05, 0) is 50.8 Å². The average Bonchev–Trinajstić information content (AvgIpc) is 2.44. The molecule has 2 atom stereocenters. The summed E-state index contributed by atoms with van der Waals surface area (Å²) in [6.07, 6.45) is 2.84. The second-order valence-corrected chi connectivity index (χ2v) is 5.29. The summed E-state index contributed by atoms with van der Waals surface area (Å²) < 4.78 is 0. The average molecular weight is 278 g/mol.